The Morgan fingerprint density at radius 1 is 0.396 bits per heavy atom. The maximum absolute atomic E-state index is 12.8. The van der Waals surface area contributed by atoms with Gasteiger partial charge in [0.15, 0.2) is 12.6 Å². The minimum atomic E-state index is -1.83. The number of aliphatic hydroxyl groups is 16. The van der Waals surface area contributed by atoms with E-state index in [-0.39, 0.29) is 72.5 Å². The summed E-state index contributed by atoms with van der Waals surface area (Å²) in [5.74, 6) is -7.87. The summed E-state index contributed by atoms with van der Waals surface area (Å²) in [5.41, 5.74) is 0. The number of carbonyl (C=O) groups is 3. The van der Waals surface area contributed by atoms with Crippen LogP contribution in [-0.4, -0.2) is 370 Å². The van der Waals surface area contributed by atoms with Crippen molar-refractivity contribution in [3.8, 4) is 0 Å². The Balaban J connectivity index is 0.981. The number of hydrogen-bond acceptors (Lipinski definition) is 33. The highest BCUT2D eigenvalue weighted by molar-refractivity contribution is 5.73. The Kier molecular flexibility index (Phi) is 31.4. The molecule has 6 heterocycles. The Morgan fingerprint density at radius 2 is 0.906 bits per heavy atom. The van der Waals surface area contributed by atoms with Crippen LogP contribution in [0.15, 0.2) is 0 Å². The van der Waals surface area contributed by atoms with Crippen LogP contribution in [0.5, 0.6) is 0 Å². The molecule has 0 aromatic rings. The maximum Gasteiger partial charge on any atom is 0.303 e. The number of amides is 2. The highest BCUT2D eigenvalue weighted by Gasteiger charge is 2.54. The van der Waals surface area contributed by atoms with Crippen molar-refractivity contribution in [1.29, 1.82) is 0 Å². The zero-order valence-corrected chi connectivity index (χ0v) is 55.1. The van der Waals surface area contributed by atoms with E-state index in [0.717, 1.165) is 6.92 Å². The molecule has 6 saturated heterocycles. The van der Waals surface area contributed by atoms with Gasteiger partial charge in [0.25, 0.3) is 0 Å². The third-order valence-corrected chi connectivity index (χ3v) is 19.8. The first-order valence-electron chi connectivity index (χ1n) is 33.0. The molecule has 6 aliphatic heterocycles. The van der Waals surface area contributed by atoms with E-state index in [1.165, 1.54) is 27.9 Å². The quantitative estimate of drug-likeness (QED) is 0.0287. The Labute approximate surface area is 555 Å². The van der Waals surface area contributed by atoms with Gasteiger partial charge >= 0.3 is 5.97 Å². The number of carbonyl (C=O) groups excluding carboxylic acids is 3. The van der Waals surface area contributed by atoms with E-state index in [1.54, 1.807) is 6.92 Å². The lowest BCUT2D eigenvalue weighted by Crippen LogP contribution is -2.65. The molecule has 35 atom stereocenters. The van der Waals surface area contributed by atoms with Gasteiger partial charge in [-0.2, -0.15) is 0 Å². The summed E-state index contributed by atoms with van der Waals surface area (Å²) < 4.78 is 84.0. The third kappa shape index (κ3) is 19.5. The van der Waals surface area contributed by atoms with Gasteiger partial charge in [0.1, 0.15) is 85.5 Å². The van der Waals surface area contributed by atoms with E-state index in [9.17, 15) is 96.1 Å². The minimum absolute atomic E-state index is 0.0138. The van der Waals surface area contributed by atoms with E-state index in [2.05, 4.69) is 10.6 Å². The van der Waals surface area contributed by atoms with Crippen molar-refractivity contribution in [3.05, 3.63) is 0 Å². The summed E-state index contributed by atoms with van der Waals surface area (Å²) in [7, 11) is 1.41. The molecular formula is C61H106N2O33. The van der Waals surface area contributed by atoms with E-state index in [4.69, 9.17) is 66.3 Å². The Hall–Kier alpha value is -2.75. The molecule has 1 aliphatic carbocycles. The fraction of sp³-hybridized carbons (Fsp3) is 0.951. The summed E-state index contributed by atoms with van der Waals surface area (Å²) in [6, 6.07) is -1.94. The standard InChI is InChI=1S/C61H106N2O33/c1-8-36-44(62-26(4)68)32(31(37(10-64)92-36)20-88-60-35(50(75)47(72)25(3)90-60)19-87-21-41-45(63-27(5)69)54(79)51(76)39(12-66)94-41)16-85-22-42-53(78)49(74)33(38(11-65)93-42)17-86-23-43-59(91-28(6)70)34(46(71)24(2)89-43)18-84-15-30-9-29(14-83-7)48(73)56(81)58(30)96-61-57(82)55(80)52(77)40(13-67)95-61/h24-25,29-61,64-67,71-82H,8-23H2,1-7H3,(H,62,68)(H,63,69). The number of esters is 1. The topological polar surface area (TPSA) is 528 Å². The Bertz CT molecular complexity index is 2340. The average Bonchev–Trinajstić information content (AvgIpc) is 0.803. The SMILES string of the molecule is CCC1OC(CO)C(COC2OC(C)C(O)C(O)C2COCC2OC(CO)C(O)C(O)C2NC(C)=O)C(COCC2OC(CO)C(COCC3OC(C)C(O)C(COCC4CC(COC)C(O)C(O)C4OC4OC(CO)C(O)C(O)C4O)C3OC(C)=O)C(O)C2O)C1NC(C)=O. The third-order valence-electron chi connectivity index (χ3n) is 19.8. The van der Waals surface area contributed by atoms with Crippen LogP contribution in [-0.2, 0) is 80.7 Å². The molecule has 0 radical (unpaired) electrons. The van der Waals surface area contributed by atoms with Crippen molar-refractivity contribution >= 4 is 17.8 Å². The first kappa shape index (κ1) is 80.6. The van der Waals surface area contributed by atoms with Crippen LogP contribution >= 0.6 is 0 Å². The number of hydrogen-bond donors (Lipinski definition) is 18. The molecule has 0 bridgehead atoms. The molecule has 7 rings (SSSR count). The number of aliphatic hydroxyl groups excluding tert-OH is 16. The van der Waals surface area contributed by atoms with Crippen molar-refractivity contribution in [1.82, 2.24) is 10.6 Å². The van der Waals surface area contributed by atoms with E-state index in [1.807, 2.05) is 6.92 Å². The molecule has 96 heavy (non-hydrogen) atoms. The summed E-state index contributed by atoms with van der Waals surface area (Å²) in [4.78, 5) is 37.6. The van der Waals surface area contributed by atoms with Gasteiger partial charge in [-0.1, -0.05) is 6.92 Å². The second-order valence-corrected chi connectivity index (χ2v) is 26.4. The lowest BCUT2D eigenvalue weighted by Gasteiger charge is -2.48. The number of ether oxygens (including phenoxy) is 14. The predicted octanol–water partition coefficient (Wildman–Crippen LogP) is -8.97. The molecule has 0 aromatic carbocycles. The average molecular weight is 1400 g/mol. The van der Waals surface area contributed by atoms with Gasteiger partial charge in [-0.05, 0) is 26.7 Å². The summed E-state index contributed by atoms with van der Waals surface area (Å²) in [6.45, 7) is 3.13. The van der Waals surface area contributed by atoms with Crippen molar-refractivity contribution in [2.75, 3.05) is 99.6 Å². The summed E-state index contributed by atoms with van der Waals surface area (Å²) >= 11 is 0. The minimum Gasteiger partial charge on any atom is -0.459 e. The molecule has 7 aliphatic rings. The summed E-state index contributed by atoms with van der Waals surface area (Å²) in [6.07, 6.45) is -34.6. The highest BCUT2D eigenvalue weighted by Crippen LogP contribution is 2.40. The fourth-order valence-electron chi connectivity index (χ4n) is 14.4. The smallest absolute Gasteiger partial charge is 0.303 e. The van der Waals surface area contributed by atoms with E-state index in [0.29, 0.717) is 6.42 Å². The lowest BCUT2D eigenvalue weighted by molar-refractivity contribution is -0.330. The molecule has 35 nitrogen and oxygen atoms in total. The molecule has 0 aromatic heterocycles. The van der Waals surface area contributed by atoms with Crippen LogP contribution in [0.25, 0.3) is 0 Å². The fourth-order valence-corrected chi connectivity index (χ4v) is 14.4. The lowest BCUT2D eigenvalue weighted by atomic mass is 9.76. The van der Waals surface area contributed by atoms with Gasteiger partial charge in [0, 0.05) is 57.5 Å². The van der Waals surface area contributed by atoms with Gasteiger partial charge in [-0.25, -0.2) is 0 Å². The maximum atomic E-state index is 12.8. The second-order valence-electron chi connectivity index (χ2n) is 26.4. The van der Waals surface area contributed by atoms with Crippen LogP contribution in [0.2, 0.25) is 0 Å². The van der Waals surface area contributed by atoms with Gasteiger partial charge in [0.2, 0.25) is 11.8 Å². The number of nitrogens with one attached hydrogen (secondary N) is 2. The van der Waals surface area contributed by atoms with Gasteiger partial charge < -0.3 is 159 Å². The molecule has 7 fully saturated rings. The van der Waals surface area contributed by atoms with Crippen LogP contribution in [0.1, 0.15) is 54.4 Å². The molecule has 35 heteroatoms. The van der Waals surface area contributed by atoms with Gasteiger partial charge in [-0.15, -0.1) is 0 Å². The van der Waals surface area contributed by atoms with E-state index >= 15 is 0 Å². The summed E-state index contributed by atoms with van der Waals surface area (Å²) in [5, 5.41) is 179. The molecule has 0 spiro atoms. The number of methoxy groups -OCH3 is 1. The van der Waals surface area contributed by atoms with Crippen LogP contribution in [0.3, 0.4) is 0 Å². The van der Waals surface area contributed by atoms with Crippen molar-refractivity contribution < 1.29 is 162 Å². The highest BCUT2D eigenvalue weighted by atomic mass is 16.7. The molecule has 35 unspecified atom stereocenters. The molecular weight excluding hydrogens is 1290 g/mol. The van der Waals surface area contributed by atoms with Crippen LogP contribution < -0.4 is 10.6 Å². The van der Waals surface area contributed by atoms with Gasteiger partial charge in [0.05, 0.1) is 177 Å². The first-order valence-corrected chi connectivity index (χ1v) is 33.0. The number of rotatable bonds is 31. The zero-order chi connectivity index (χ0) is 70.6. The second kappa shape index (κ2) is 37.4. The first-order chi connectivity index (χ1) is 45.6. The normalized spacial score (nSPS) is 45.5. The van der Waals surface area contributed by atoms with Gasteiger partial charge in [-0.3, -0.25) is 14.4 Å². The van der Waals surface area contributed by atoms with Crippen molar-refractivity contribution in [3.63, 3.8) is 0 Å². The van der Waals surface area contributed by atoms with Crippen molar-refractivity contribution in [2.45, 2.75) is 226 Å². The largest absolute Gasteiger partial charge is 0.459 e. The predicted molar refractivity (Wildman–Crippen MR) is 320 cm³/mol. The molecule has 1 saturated carbocycles. The van der Waals surface area contributed by atoms with Crippen LogP contribution in [0, 0.1) is 41.4 Å². The molecule has 18 N–H and O–H groups in total. The molecule has 558 valence electrons. The molecule has 2 amide bonds. The van der Waals surface area contributed by atoms with E-state index < -0.39 is 257 Å². The van der Waals surface area contributed by atoms with Crippen LogP contribution in [0.4, 0.5) is 0 Å². The zero-order valence-electron chi connectivity index (χ0n) is 55.1. The Morgan fingerprint density at radius 3 is 1.52 bits per heavy atom. The monoisotopic (exact) mass is 1390 g/mol. The van der Waals surface area contributed by atoms with Crippen molar-refractivity contribution in [2.24, 2.45) is 41.4 Å².